The number of rotatable bonds is 1. The van der Waals surface area contributed by atoms with Gasteiger partial charge < -0.3 is 4.74 Å². The lowest BCUT2D eigenvalue weighted by molar-refractivity contribution is -0.146. The maximum atomic E-state index is 13.5. The molecule has 0 N–H and O–H groups in total. The number of ether oxygens (including phenoxy) is 1. The Morgan fingerprint density at radius 1 is 1.25 bits per heavy atom. The van der Waals surface area contributed by atoms with Gasteiger partial charge in [0.2, 0.25) is 5.82 Å². The Balaban J connectivity index is 2.12. The van der Waals surface area contributed by atoms with E-state index in [1.807, 2.05) is 0 Å². The van der Waals surface area contributed by atoms with Gasteiger partial charge in [0, 0.05) is 17.3 Å². The Morgan fingerprint density at radius 3 is 2.71 bits per heavy atom. The third-order valence-corrected chi connectivity index (χ3v) is 4.91. The molecule has 0 spiro atoms. The molecule has 4 rings (SSSR count). The van der Waals surface area contributed by atoms with Crippen molar-refractivity contribution in [2.24, 2.45) is 0 Å². The summed E-state index contributed by atoms with van der Waals surface area (Å²) in [6.45, 7) is 0.737. The highest BCUT2D eigenvalue weighted by molar-refractivity contribution is 7.18. The zero-order valence-electron chi connectivity index (χ0n) is 12.1. The minimum absolute atomic E-state index is 0.0868. The molecule has 9 heteroatoms. The van der Waals surface area contributed by atoms with Crippen LogP contribution in [-0.2, 0) is 23.9 Å². The van der Waals surface area contributed by atoms with Crippen molar-refractivity contribution in [2.75, 3.05) is 6.61 Å². The Kier molecular flexibility index (Phi) is 3.43. The van der Waals surface area contributed by atoms with Crippen molar-refractivity contribution >= 4 is 21.6 Å². The quantitative estimate of drug-likeness (QED) is 0.675. The van der Waals surface area contributed by atoms with E-state index in [2.05, 4.69) is 9.97 Å². The molecule has 0 saturated heterocycles. The van der Waals surface area contributed by atoms with E-state index in [9.17, 15) is 18.0 Å². The summed E-state index contributed by atoms with van der Waals surface area (Å²) in [5.41, 5.74) is 0.122. The van der Waals surface area contributed by atoms with Gasteiger partial charge in [0.25, 0.3) is 5.56 Å². The molecule has 1 aliphatic rings. The first-order chi connectivity index (χ1) is 11.5. The van der Waals surface area contributed by atoms with E-state index in [0.29, 0.717) is 24.2 Å². The first-order valence-electron chi connectivity index (χ1n) is 7.09. The molecule has 0 atom stereocenters. The number of fused-ring (bicyclic) bond motifs is 3. The summed E-state index contributed by atoms with van der Waals surface area (Å²) in [5.74, 6) is -1.23. The molecule has 3 aromatic rings. The van der Waals surface area contributed by atoms with Crippen molar-refractivity contribution in [3.63, 3.8) is 0 Å². The van der Waals surface area contributed by atoms with Gasteiger partial charge in [0.1, 0.15) is 4.83 Å². The van der Waals surface area contributed by atoms with Gasteiger partial charge in [-0.05, 0) is 24.1 Å². The zero-order valence-corrected chi connectivity index (χ0v) is 12.9. The van der Waals surface area contributed by atoms with E-state index < -0.39 is 17.6 Å². The molecule has 0 fully saturated rings. The summed E-state index contributed by atoms with van der Waals surface area (Å²) in [7, 11) is 0. The fraction of sp³-hybridized carbons (Fsp3) is 0.267. The Bertz CT molecular complexity index is 980. The van der Waals surface area contributed by atoms with E-state index in [0.717, 1.165) is 21.8 Å². The van der Waals surface area contributed by atoms with Crippen LogP contribution < -0.4 is 5.56 Å². The molecule has 1 aliphatic heterocycles. The predicted octanol–water partition coefficient (Wildman–Crippen LogP) is 2.93. The smallest absolute Gasteiger partial charge is 0.376 e. The number of aromatic nitrogens is 3. The number of hydrogen-bond donors (Lipinski definition) is 0. The highest BCUT2D eigenvalue weighted by Crippen LogP contribution is 2.35. The van der Waals surface area contributed by atoms with Crippen molar-refractivity contribution in [3.8, 4) is 5.69 Å². The standard InChI is InChI=1S/C15H10F3N3O2S/c16-15(17,18)14-20-12-11(9-3-6-23-7-10(9)24-12)13(22)21(14)8-1-4-19-5-2-8/h1-2,4-5H,3,6-7H2. The second-order valence-electron chi connectivity index (χ2n) is 5.27. The molecule has 0 saturated carbocycles. The second kappa shape index (κ2) is 5.38. The monoisotopic (exact) mass is 353 g/mol. The summed E-state index contributed by atoms with van der Waals surface area (Å²) in [4.78, 5) is 21.3. The van der Waals surface area contributed by atoms with Crippen molar-refractivity contribution in [2.45, 2.75) is 19.2 Å². The van der Waals surface area contributed by atoms with Gasteiger partial charge in [-0.2, -0.15) is 13.2 Å². The molecular formula is C15H10F3N3O2S. The Morgan fingerprint density at radius 2 is 2.00 bits per heavy atom. The van der Waals surface area contributed by atoms with Crippen LogP contribution in [0.5, 0.6) is 0 Å². The highest BCUT2D eigenvalue weighted by Gasteiger charge is 2.38. The normalized spacial score (nSPS) is 14.8. The molecule has 3 aromatic heterocycles. The molecule has 124 valence electrons. The number of pyridine rings is 1. The Hall–Kier alpha value is -2.26. The molecule has 0 unspecified atom stereocenters. The molecule has 0 amide bonds. The fourth-order valence-corrected chi connectivity index (χ4v) is 3.94. The fourth-order valence-electron chi connectivity index (χ4n) is 2.79. The summed E-state index contributed by atoms with van der Waals surface area (Å²) in [5, 5.41) is 0.253. The summed E-state index contributed by atoms with van der Waals surface area (Å²) in [6, 6.07) is 2.71. The molecule has 5 nitrogen and oxygen atoms in total. The van der Waals surface area contributed by atoms with Gasteiger partial charge >= 0.3 is 6.18 Å². The van der Waals surface area contributed by atoms with Crippen molar-refractivity contribution < 1.29 is 17.9 Å². The average Bonchev–Trinajstić information content (AvgIpc) is 2.93. The summed E-state index contributed by atoms with van der Waals surface area (Å²) in [6.07, 6.45) is -1.59. The molecule has 24 heavy (non-hydrogen) atoms. The van der Waals surface area contributed by atoms with Crippen molar-refractivity contribution in [3.05, 3.63) is 51.1 Å². The van der Waals surface area contributed by atoms with Crippen LogP contribution in [-0.4, -0.2) is 21.1 Å². The van der Waals surface area contributed by atoms with E-state index in [1.165, 1.54) is 24.5 Å². The maximum Gasteiger partial charge on any atom is 0.450 e. The number of nitrogens with zero attached hydrogens (tertiary/aromatic N) is 3. The van der Waals surface area contributed by atoms with Crippen LogP contribution in [0.15, 0.2) is 29.3 Å². The minimum atomic E-state index is -4.75. The number of halogens is 3. The first-order valence-corrected chi connectivity index (χ1v) is 7.91. The lowest BCUT2D eigenvalue weighted by Crippen LogP contribution is -2.29. The van der Waals surface area contributed by atoms with Crippen LogP contribution in [0.1, 0.15) is 16.3 Å². The number of alkyl halides is 3. The third-order valence-electron chi connectivity index (χ3n) is 3.81. The van der Waals surface area contributed by atoms with Crippen molar-refractivity contribution in [1.82, 2.24) is 14.5 Å². The largest absolute Gasteiger partial charge is 0.450 e. The van der Waals surface area contributed by atoms with Crippen LogP contribution in [0.2, 0.25) is 0 Å². The molecule has 0 aliphatic carbocycles. The lowest BCUT2D eigenvalue weighted by Gasteiger charge is -2.15. The van der Waals surface area contributed by atoms with Crippen LogP contribution in [0.25, 0.3) is 15.9 Å². The summed E-state index contributed by atoms with van der Waals surface area (Å²) < 4.78 is 46.3. The molecule has 0 aromatic carbocycles. The second-order valence-corrected chi connectivity index (χ2v) is 6.35. The van der Waals surface area contributed by atoms with E-state index in [-0.39, 0.29) is 15.9 Å². The minimum Gasteiger partial charge on any atom is -0.376 e. The van der Waals surface area contributed by atoms with Crippen LogP contribution >= 0.6 is 11.3 Å². The first kappa shape index (κ1) is 15.3. The zero-order chi connectivity index (χ0) is 16.9. The molecule has 0 radical (unpaired) electrons. The van der Waals surface area contributed by atoms with Gasteiger partial charge in [-0.15, -0.1) is 11.3 Å². The third kappa shape index (κ3) is 2.31. The van der Waals surface area contributed by atoms with Gasteiger partial charge in [-0.3, -0.25) is 14.3 Å². The van der Waals surface area contributed by atoms with Gasteiger partial charge in [0.05, 0.1) is 24.3 Å². The number of hydrogen-bond acceptors (Lipinski definition) is 5. The SMILES string of the molecule is O=c1c2c3c(sc2nc(C(F)(F)F)n1-c1ccncc1)COCC3. The van der Waals surface area contributed by atoms with E-state index in [1.54, 1.807) is 0 Å². The van der Waals surface area contributed by atoms with E-state index in [4.69, 9.17) is 4.74 Å². The average molecular weight is 353 g/mol. The Labute approximate surface area is 137 Å². The van der Waals surface area contributed by atoms with Gasteiger partial charge in [-0.1, -0.05) is 0 Å². The lowest BCUT2D eigenvalue weighted by atomic mass is 10.1. The predicted molar refractivity (Wildman–Crippen MR) is 81.4 cm³/mol. The van der Waals surface area contributed by atoms with Crippen molar-refractivity contribution in [1.29, 1.82) is 0 Å². The maximum absolute atomic E-state index is 13.5. The van der Waals surface area contributed by atoms with E-state index >= 15 is 0 Å². The topological polar surface area (TPSA) is 57.0 Å². The van der Waals surface area contributed by atoms with Crippen LogP contribution in [0.3, 0.4) is 0 Å². The summed E-state index contributed by atoms with van der Waals surface area (Å²) >= 11 is 1.09. The molecular weight excluding hydrogens is 343 g/mol. The van der Waals surface area contributed by atoms with Crippen LogP contribution in [0, 0.1) is 0 Å². The molecule has 0 bridgehead atoms. The van der Waals surface area contributed by atoms with Gasteiger partial charge in [0.15, 0.2) is 0 Å². The number of thiophene rings is 1. The van der Waals surface area contributed by atoms with Crippen LogP contribution in [0.4, 0.5) is 13.2 Å². The van der Waals surface area contributed by atoms with Gasteiger partial charge in [-0.25, -0.2) is 4.98 Å². The highest BCUT2D eigenvalue weighted by atomic mass is 32.1. The molecule has 4 heterocycles.